The molecule has 1 aliphatic rings. The fraction of sp³-hybridized carbons (Fsp3) is 0.733. The number of anilines is 1. The van der Waals surface area contributed by atoms with Gasteiger partial charge in [0.1, 0.15) is 0 Å². The summed E-state index contributed by atoms with van der Waals surface area (Å²) in [5, 5.41) is 10.1. The third-order valence-electron chi connectivity index (χ3n) is 3.87. The molecular formula is C15H26N4O2. The molecule has 0 unspecified atom stereocenters. The van der Waals surface area contributed by atoms with Gasteiger partial charge in [0, 0.05) is 17.5 Å². The van der Waals surface area contributed by atoms with Crippen molar-refractivity contribution < 1.29 is 9.32 Å². The Labute approximate surface area is 126 Å². The summed E-state index contributed by atoms with van der Waals surface area (Å²) in [5.41, 5.74) is 0.753. The third-order valence-corrected chi connectivity index (χ3v) is 3.87. The van der Waals surface area contributed by atoms with E-state index < -0.39 is 0 Å². The summed E-state index contributed by atoms with van der Waals surface area (Å²) in [7, 11) is 2.00. The standard InChI is InChI=1S/C15H26N4O2/c1-15(2,3)12-9-14(21-18-12)17-13(20)10-19(4)11-5-7-16-8-6-11/h9,11,16H,5-8,10H2,1-4H3,(H,17,20). The molecule has 6 heteroatoms. The van der Waals surface area contributed by atoms with Gasteiger partial charge < -0.3 is 9.84 Å². The maximum absolute atomic E-state index is 12.1. The number of rotatable bonds is 4. The predicted octanol–water partition coefficient (Wildman–Crippen LogP) is 1.59. The van der Waals surface area contributed by atoms with Gasteiger partial charge in [0.05, 0.1) is 12.2 Å². The topological polar surface area (TPSA) is 70.4 Å². The van der Waals surface area contributed by atoms with Crippen molar-refractivity contribution in [3.8, 4) is 0 Å². The number of amides is 1. The van der Waals surface area contributed by atoms with Crippen LogP contribution in [0.4, 0.5) is 5.88 Å². The molecule has 0 aromatic carbocycles. The van der Waals surface area contributed by atoms with Crippen LogP contribution in [0.5, 0.6) is 0 Å². The van der Waals surface area contributed by atoms with Crippen LogP contribution in [-0.2, 0) is 10.2 Å². The Balaban J connectivity index is 1.85. The van der Waals surface area contributed by atoms with E-state index in [0.29, 0.717) is 18.5 Å². The minimum atomic E-state index is -0.0850. The van der Waals surface area contributed by atoms with E-state index >= 15 is 0 Å². The fourth-order valence-electron chi connectivity index (χ4n) is 2.47. The van der Waals surface area contributed by atoms with E-state index in [1.54, 1.807) is 6.07 Å². The van der Waals surface area contributed by atoms with E-state index in [2.05, 4.69) is 41.5 Å². The number of hydrogen-bond acceptors (Lipinski definition) is 5. The van der Waals surface area contributed by atoms with Crippen LogP contribution in [-0.4, -0.2) is 48.7 Å². The van der Waals surface area contributed by atoms with Crippen molar-refractivity contribution >= 4 is 11.8 Å². The lowest BCUT2D eigenvalue weighted by molar-refractivity contribution is -0.117. The number of hydrogen-bond donors (Lipinski definition) is 2. The Hall–Kier alpha value is -1.40. The van der Waals surface area contributed by atoms with Crippen LogP contribution in [0, 0.1) is 0 Å². The zero-order valence-corrected chi connectivity index (χ0v) is 13.4. The van der Waals surface area contributed by atoms with E-state index in [4.69, 9.17) is 4.52 Å². The number of nitrogens with zero attached hydrogens (tertiary/aromatic N) is 2. The van der Waals surface area contributed by atoms with Gasteiger partial charge in [0.15, 0.2) is 0 Å². The average molecular weight is 294 g/mol. The Morgan fingerprint density at radius 1 is 1.48 bits per heavy atom. The molecule has 1 aliphatic heterocycles. The highest BCUT2D eigenvalue weighted by Crippen LogP contribution is 2.23. The van der Waals surface area contributed by atoms with Crippen LogP contribution >= 0.6 is 0 Å². The first kappa shape index (κ1) is 16.0. The third kappa shape index (κ3) is 4.54. The molecule has 2 N–H and O–H groups in total. The van der Waals surface area contributed by atoms with Gasteiger partial charge >= 0.3 is 0 Å². The minimum absolute atomic E-state index is 0.0624. The summed E-state index contributed by atoms with van der Waals surface area (Å²) < 4.78 is 5.18. The molecule has 21 heavy (non-hydrogen) atoms. The SMILES string of the molecule is CN(CC(=O)Nc1cc(C(C)(C)C)no1)C1CCNCC1. The van der Waals surface area contributed by atoms with Gasteiger partial charge in [0.2, 0.25) is 11.8 Å². The second kappa shape index (κ2) is 6.58. The van der Waals surface area contributed by atoms with E-state index in [0.717, 1.165) is 31.6 Å². The first-order valence-electron chi connectivity index (χ1n) is 7.54. The highest BCUT2D eigenvalue weighted by atomic mass is 16.5. The minimum Gasteiger partial charge on any atom is -0.338 e. The fourth-order valence-corrected chi connectivity index (χ4v) is 2.47. The smallest absolute Gasteiger partial charge is 0.240 e. The highest BCUT2D eigenvalue weighted by molar-refractivity contribution is 5.91. The molecule has 2 heterocycles. The largest absolute Gasteiger partial charge is 0.338 e. The summed E-state index contributed by atoms with van der Waals surface area (Å²) >= 11 is 0. The Bertz CT molecular complexity index is 472. The van der Waals surface area contributed by atoms with Gasteiger partial charge in [-0.2, -0.15) is 0 Å². The molecule has 0 aliphatic carbocycles. The summed E-state index contributed by atoms with van der Waals surface area (Å²) in [4.78, 5) is 14.2. The second-order valence-electron chi connectivity index (χ2n) is 6.77. The quantitative estimate of drug-likeness (QED) is 0.882. The van der Waals surface area contributed by atoms with Gasteiger partial charge in [-0.3, -0.25) is 15.0 Å². The Kier molecular flexibility index (Phi) is 5.00. The van der Waals surface area contributed by atoms with Crippen LogP contribution in [0.1, 0.15) is 39.3 Å². The van der Waals surface area contributed by atoms with E-state index in [1.807, 2.05) is 7.05 Å². The molecular weight excluding hydrogens is 268 g/mol. The molecule has 2 rings (SSSR count). The number of carbonyl (C=O) groups excluding carboxylic acids is 1. The second-order valence-corrected chi connectivity index (χ2v) is 6.77. The molecule has 1 aromatic heterocycles. The predicted molar refractivity (Wildman–Crippen MR) is 82.4 cm³/mol. The van der Waals surface area contributed by atoms with E-state index in [9.17, 15) is 4.79 Å². The molecule has 0 atom stereocenters. The highest BCUT2D eigenvalue weighted by Gasteiger charge is 2.22. The van der Waals surface area contributed by atoms with Gasteiger partial charge in [-0.15, -0.1) is 0 Å². The summed E-state index contributed by atoms with van der Waals surface area (Å²) in [6.07, 6.45) is 2.17. The molecule has 0 spiro atoms. The van der Waals surface area contributed by atoms with Gasteiger partial charge in [-0.1, -0.05) is 25.9 Å². The van der Waals surface area contributed by atoms with Crippen molar-refractivity contribution in [2.24, 2.45) is 0 Å². The van der Waals surface area contributed by atoms with Crippen molar-refractivity contribution in [3.05, 3.63) is 11.8 Å². The molecule has 0 radical (unpaired) electrons. The van der Waals surface area contributed by atoms with Crippen LogP contribution < -0.4 is 10.6 Å². The summed E-state index contributed by atoms with van der Waals surface area (Å²) in [6, 6.07) is 2.26. The number of nitrogens with one attached hydrogen (secondary N) is 2. The van der Waals surface area contributed by atoms with Crippen LogP contribution in [0.2, 0.25) is 0 Å². The number of likely N-dealkylation sites (N-methyl/N-ethyl adjacent to an activating group) is 1. The molecule has 118 valence electrons. The average Bonchev–Trinajstić information content (AvgIpc) is 2.88. The van der Waals surface area contributed by atoms with Crippen molar-refractivity contribution in [1.82, 2.24) is 15.4 Å². The first-order chi connectivity index (χ1) is 9.86. The number of carbonyl (C=O) groups is 1. The van der Waals surface area contributed by atoms with E-state index in [-0.39, 0.29) is 11.3 Å². The van der Waals surface area contributed by atoms with Crippen molar-refractivity contribution in [1.29, 1.82) is 0 Å². The van der Waals surface area contributed by atoms with Gasteiger partial charge in [-0.25, -0.2) is 0 Å². The molecule has 1 aromatic rings. The van der Waals surface area contributed by atoms with Crippen LogP contribution in [0.25, 0.3) is 0 Å². The van der Waals surface area contributed by atoms with Crippen LogP contribution in [0.15, 0.2) is 10.6 Å². The molecule has 1 saturated heterocycles. The molecule has 0 saturated carbocycles. The van der Waals surface area contributed by atoms with Gasteiger partial charge in [-0.05, 0) is 33.0 Å². The molecule has 6 nitrogen and oxygen atoms in total. The van der Waals surface area contributed by atoms with Crippen molar-refractivity contribution in [2.75, 3.05) is 32.0 Å². The number of aromatic nitrogens is 1. The lowest BCUT2D eigenvalue weighted by Gasteiger charge is -2.30. The first-order valence-corrected chi connectivity index (χ1v) is 7.54. The lowest BCUT2D eigenvalue weighted by Crippen LogP contribution is -2.44. The zero-order valence-electron chi connectivity index (χ0n) is 13.4. The monoisotopic (exact) mass is 294 g/mol. The lowest BCUT2D eigenvalue weighted by atomic mass is 9.92. The summed E-state index contributed by atoms with van der Waals surface area (Å²) in [6.45, 7) is 8.58. The Morgan fingerprint density at radius 3 is 2.71 bits per heavy atom. The maximum Gasteiger partial charge on any atom is 0.240 e. The van der Waals surface area contributed by atoms with Crippen molar-refractivity contribution in [2.45, 2.75) is 45.1 Å². The molecule has 0 bridgehead atoms. The maximum atomic E-state index is 12.1. The normalized spacial score (nSPS) is 17.2. The Morgan fingerprint density at radius 2 is 2.14 bits per heavy atom. The van der Waals surface area contributed by atoms with Crippen molar-refractivity contribution in [3.63, 3.8) is 0 Å². The number of piperidine rings is 1. The molecule has 1 fully saturated rings. The van der Waals surface area contributed by atoms with E-state index in [1.165, 1.54) is 0 Å². The van der Waals surface area contributed by atoms with Crippen LogP contribution in [0.3, 0.4) is 0 Å². The van der Waals surface area contributed by atoms with Gasteiger partial charge in [0.25, 0.3) is 0 Å². The zero-order chi connectivity index (χ0) is 15.5. The molecule has 1 amide bonds. The summed E-state index contributed by atoms with van der Waals surface area (Å²) in [5.74, 6) is 0.358.